The molecule has 0 bridgehead atoms. The number of amides is 1. The minimum absolute atomic E-state index is 0.0508. The number of anilines is 2. The van der Waals surface area contributed by atoms with Gasteiger partial charge in [0.25, 0.3) is 5.91 Å². The average molecular weight is 379 g/mol. The van der Waals surface area contributed by atoms with E-state index in [-0.39, 0.29) is 17.5 Å². The predicted octanol–water partition coefficient (Wildman–Crippen LogP) is 5.35. The summed E-state index contributed by atoms with van der Waals surface area (Å²) in [7, 11) is 0. The van der Waals surface area contributed by atoms with E-state index >= 15 is 0 Å². The van der Waals surface area contributed by atoms with Crippen molar-refractivity contribution < 1.29 is 18.0 Å². The second-order valence-corrected chi connectivity index (χ2v) is 7.12. The van der Waals surface area contributed by atoms with E-state index in [4.69, 9.17) is 0 Å². The first-order valence-electron chi connectivity index (χ1n) is 8.80. The number of carbonyl (C=O) groups excluding carboxylic acids is 1. The fourth-order valence-corrected chi connectivity index (χ4v) is 2.52. The van der Waals surface area contributed by atoms with Crippen LogP contribution in [-0.4, -0.2) is 17.4 Å². The molecular weight excluding hydrogens is 355 g/mol. The van der Waals surface area contributed by atoms with Crippen LogP contribution in [0.15, 0.2) is 36.5 Å². The van der Waals surface area contributed by atoms with E-state index in [0.717, 1.165) is 17.7 Å². The number of hydrogen-bond donors (Lipinski definition) is 2. The Labute approximate surface area is 157 Å². The van der Waals surface area contributed by atoms with Crippen molar-refractivity contribution in [2.24, 2.45) is 5.92 Å². The van der Waals surface area contributed by atoms with Gasteiger partial charge in [0.2, 0.25) is 0 Å². The molecule has 2 N–H and O–H groups in total. The van der Waals surface area contributed by atoms with Crippen LogP contribution >= 0.6 is 0 Å². The topological polar surface area (TPSA) is 54.0 Å². The molecule has 0 unspecified atom stereocenters. The summed E-state index contributed by atoms with van der Waals surface area (Å²) < 4.78 is 38.6. The van der Waals surface area contributed by atoms with Crippen LogP contribution in [0.3, 0.4) is 0 Å². The third-order valence-corrected chi connectivity index (χ3v) is 3.94. The molecule has 0 saturated carbocycles. The van der Waals surface area contributed by atoms with Crippen molar-refractivity contribution in [3.8, 4) is 0 Å². The van der Waals surface area contributed by atoms with Crippen LogP contribution in [0.4, 0.5) is 24.7 Å². The lowest BCUT2D eigenvalue weighted by Crippen LogP contribution is -2.28. The molecule has 0 saturated heterocycles. The van der Waals surface area contributed by atoms with E-state index in [0.29, 0.717) is 23.8 Å². The van der Waals surface area contributed by atoms with Crippen molar-refractivity contribution in [1.29, 1.82) is 0 Å². The summed E-state index contributed by atoms with van der Waals surface area (Å²) in [4.78, 5) is 16.6. The zero-order chi connectivity index (χ0) is 20.2. The summed E-state index contributed by atoms with van der Waals surface area (Å²) in [5, 5.41) is 5.75. The van der Waals surface area contributed by atoms with E-state index in [9.17, 15) is 18.0 Å². The first kappa shape index (κ1) is 20.7. The minimum atomic E-state index is -4.41. The standard InChI is InChI=1S/C20H24F3N3O/c1-12(2)10-25-19(27)17-11-24-18(9-16(17)13(3)4)26-15-7-5-6-14(8-15)20(21,22)23/h5-9,11-13H,10H2,1-4H3,(H,24,26)(H,25,27). The third-order valence-electron chi connectivity index (χ3n) is 3.94. The van der Waals surface area contributed by atoms with Gasteiger partial charge in [-0.2, -0.15) is 13.2 Å². The lowest BCUT2D eigenvalue weighted by Gasteiger charge is -2.16. The molecule has 2 rings (SSSR count). The summed E-state index contributed by atoms with van der Waals surface area (Å²) in [5.41, 5.74) is 0.797. The van der Waals surface area contributed by atoms with Gasteiger partial charge in [-0.1, -0.05) is 33.8 Å². The van der Waals surface area contributed by atoms with Gasteiger partial charge in [0.15, 0.2) is 0 Å². The Morgan fingerprint density at radius 3 is 2.44 bits per heavy atom. The van der Waals surface area contributed by atoms with E-state index in [1.54, 1.807) is 6.07 Å². The molecule has 0 aliphatic rings. The molecule has 0 aliphatic heterocycles. The Kier molecular flexibility index (Phi) is 6.46. The van der Waals surface area contributed by atoms with Gasteiger partial charge in [-0.05, 0) is 41.7 Å². The molecular formula is C20H24F3N3O. The number of rotatable bonds is 6. The Hall–Kier alpha value is -2.57. The zero-order valence-corrected chi connectivity index (χ0v) is 15.8. The Balaban J connectivity index is 2.27. The highest BCUT2D eigenvalue weighted by Crippen LogP contribution is 2.31. The van der Waals surface area contributed by atoms with E-state index in [1.807, 2.05) is 27.7 Å². The van der Waals surface area contributed by atoms with Crippen LogP contribution in [-0.2, 0) is 6.18 Å². The predicted molar refractivity (Wildman–Crippen MR) is 100 cm³/mol. The molecule has 0 atom stereocenters. The second-order valence-electron chi connectivity index (χ2n) is 7.12. The molecule has 1 aromatic carbocycles. The van der Waals surface area contributed by atoms with Crippen molar-refractivity contribution in [3.63, 3.8) is 0 Å². The van der Waals surface area contributed by atoms with Crippen LogP contribution in [0.1, 0.15) is 55.1 Å². The summed E-state index contributed by atoms with van der Waals surface area (Å²) in [5.74, 6) is 0.560. The third kappa shape index (κ3) is 5.70. The molecule has 0 fully saturated rings. The lowest BCUT2D eigenvalue weighted by molar-refractivity contribution is -0.137. The molecule has 1 aromatic heterocycles. The molecule has 7 heteroatoms. The van der Waals surface area contributed by atoms with Crippen molar-refractivity contribution in [2.45, 2.75) is 39.8 Å². The van der Waals surface area contributed by atoms with E-state index < -0.39 is 11.7 Å². The molecule has 2 aromatic rings. The van der Waals surface area contributed by atoms with Crippen LogP contribution in [0.25, 0.3) is 0 Å². The number of halogens is 3. The normalized spacial score (nSPS) is 11.7. The number of pyridine rings is 1. The van der Waals surface area contributed by atoms with Gasteiger partial charge in [0.1, 0.15) is 5.82 Å². The van der Waals surface area contributed by atoms with Crippen LogP contribution in [0, 0.1) is 5.92 Å². The maximum absolute atomic E-state index is 12.9. The molecule has 0 spiro atoms. The first-order chi connectivity index (χ1) is 12.6. The number of hydrogen-bond acceptors (Lipinski definition) is 3. The van der Waals surface area contributed by atoms with Crippen molar-refractivity contribution in [1.82, 2.24) is 10.3 Å². The molecule has 0 aliphatic carbocycles. The van der Waals surface area contributed by atoms with Gasteiger partial charge in [0, 0.05) is 18.4 Å². The fraction of sp³-hybridized carbons (Fsp3) is 0.400. The second kappa shape index (κ2) is 8.41. The Bertz CT molecular complexity index is 801. The summed E-state index contributed by atoms with van der Waals surface area (Å²) in [6.07, 6.45) is -2.95. The first-order valence-corrected chi connectivity index (χ1v) is 8.80. The van der Waals surface area contributed by atoms with Gasteiger partial charge < -0.3 is 10.6 Å². The van der Waals surface area contributed by atoms with Crippen molar-refractivity contribution >= 4 is 17.4 Å². The number of carbonyl (C=O) groups is 1. The molecule has 146 valence electrons. The van der Waals surface area contributed by atoms with Crippen molar-refractivity contribution in [2.75, 3.05) is 11.9 Å². The summed E-state index contributed by atoms with van der Waals surface area (Å²) >= 11 is 0. The Morgan fingerprint density at radius 2 is 1.85 bits per heavy atom. The maximum Gasteiger partial charge on any atom is 0.416 e. The van der Waals surface area contributed by atoms with Gasteiger partial charge in [-0.3, -0.25) is 4.79 Å². The van der Waals surface area contributed by atoms with Gasteiger partial charge in [-0.25, -0.2) is 4.98 Å². The number of alkyl halides is 3. The lowest BCUT2D eigenvalue weighted by atomic mass is 9.98. The number of nitrogens with one attached hydrogen (secondary N) is 2. The van der Waals surface area contributed by atoms with Gasteiger partial charge in [-0.15, -0.1) is 0 Å². The fourth-order valence-electron chi connectivity index (χ4n) is 2.52. The maximum atomic E-state index is 12.9. The van der Waals surface area contributed by atoms with Crippen LogP contribution in [0.2, 0.25) is 0 Å². The number of nitrogens with zero attached hydrogens (tertiary/aromatic N) is 1. The molecule has 1 heterocycles. The van der Waals surface area contributed by atoms with Gasteiger partial charge in [0.05, 0.1) is 11.1 Å². The van der Waals surface area contributed by atoms with Crippen LogP contribution < -0.4 is 10.6 Å². The SMILES string of the molecule is CC(C)CNC(=O)c1cnc(Nc2cccc(C(F)(F)F)c2)cc1C(C)C. The Morgan fingerprint density at radius 1 is 1.15 bits per heavy atom. The highest BCUT2D eigenvalue weighted by atomic mass is 19.4. The summed E-state index contributed by atoms with van der Waals surface area (Å²) in [6.45, 7) is 8.46. The van der Waals surface area contributed by atoms with Gasteiger partial charge >= 0.3 is 6.18 Å². The van der Waals surface area contributed by atoms with Crippen LogP contribution in [0.5, 0.6) is 0 Å². The van der Waals surface area contributed by atoms with E-state index in [1.165, 1.54) is 18.3 Å². The largest absolute Gasteiger partial charge is 0.416 e. The average Bonchev–Trinajstić information content (AvgIpc) is 2.59. The highest BCUT2D eigenvalue weighted by molar-refractivity contribution is 5.95. The molecule has 0 radical (unpaired) electrons. The number of aromatic nitrogens is 1. The molecule has 1 amide bonds. The quantitative estimate of drug-likeness (QED) is 0.711. The molecule has 4 nitrogen and oxygen atoms in total. The summed E-state index contributed by atoms with van der Waals surface area (Å²) in [6, 6.07) is 6.62. The number of benzene rings is 1. The smallest absolute Gasteiger partial charge is 0.352 e. The minimum Gasteiger partial charge on any atom is -0.352 e. The van der Waals surface area contributed by atoms with Crippen molar-refractivity contribution in [3.05, 3.63) is 53.2 Å². The zero-order valence-electron chi connectivity index (χ0n) is 15.8. The monoisotopic (exact) mass is 379 g/mol. The highest BCUT2D eigenvalue weighted by Gasteiger charge is 2.30. The molecule has 27 heavy (non-hydrogen) atoms. The van der Waals surface area contributed by atoms with E-state index in [2.05, 4.69) is 15.6 Å².